The van der Waals surface area contributed by atoms with Crippen molar-refractivity contribution in [3.05, 3.63) is 63.7 Å². The van der Waals surface area contributed by atoms with Gasteiger partial charge >= 0.3 is 0 Å². The molecule has 0 spiro atoms. The number of nitrogens with one attached hydrogen (secondary N) is 1. The molecule has 32 heavy (non-hydrogen) atoms. The Morgan fingerprint density at radius 2 is 1.84 bits per heavy atom. The number of nitrogens with zero attached hydrogens (tertiary/aromatic N) is 3. The van der Waals surface area contributed by atoms with E-state index in [4.69, 9.17) is 22.3 Å². The Morgan fingerprint density at radius 1 is 1.25 bits per heavy atom. The van der Waals surface area contributed by atoms with Gasteiger partial charge in [-0.15, -0.1) is 0 Å². The van der Waals surface area contributed by atoms with Crippen molar-refractivity contribution in [2.24, 2.45) is 5.10 Å². The van der Waals surface area contributed by atoms with E-state index in [9.17, 15) is 10.1 Å². The highest BCUT2D eigenvalue weighted by Gasteiger charge is 2.44. The molecule has 1 aliphatic heterocycles. The highest BCUT2D eigenvalue weighted by Crippen LogP contribution is 2.40. The van der Waals surface area contributed by atoms with Gasteiger partial charge in [-0.05, 0) is 31.5 Å². The third kappa shape index (κ3) is 6.33. The third-order valence-electron chi connectivity index (χ3n) is 4.95. The number of non-ortho nitro benzene ring substituents is 1. The molecule has 0 amide bonds. The normalized spacial score (nSPS) is 14.6. The summed E-state index contributed by atoms with van der Waals surface area (Å²) in [6.07, 6.45) is 1.79. The number of hydrogen-bond donors (Lipinski definition) is 2. The fourth-order valence-electron chi connectivity index (χ4n) is 3.35. The number of fused-ring (bicyclic) bond motifs is 1. The van der Waals surface area contributed by atoms with Crippen molar-refractivity contribution in [3.63, 3.8) is 0 Å². The van der Waals surface area contributed by atoms with Gasteiger partial charge in [-0.1, -0.05) is 12.1 Å². The highest BCUT2D eigenvalue weighted by molar-refractivity contribution is 7.79. The molecule has 2 aromatic rings. The summed E-state index contributed by atoms with van der Waals surface area (Å²) in [6, 6.07) is 12.8. The predicted octanol–water partition coefficient (Wildman–Crippen LogP) is 2.39. The summed E-state index contributed by atoms with van der Waals surface area (Å²) in [5.74, 6) is 0.819. The van der Waals surface area contributed by atoms with Crippen LogP contribution in [0.4, 0.5) is 11.4 Å². The molecule has 1 aliphatic rings. The van der Waals surface area contributed by atoms with Crippen molar-refractivity contribution in [1.29, 1.82) is 0 Å². The summed E-state index contributed by atoms with van der Waals surface area (Å²) in [6.45, 7) is 4.68. The molecule has 0 unspecified atom stereocenters. The molecule has 0 saturated carbocycles. The smallest absolute Gasteiger partial charge is 0.270 e. The van der Waals surface area contributed by atoms with Crippen LogP contribution in [-0.2, 0) is 22.4 Å². The number of nitro benzene ring substituents is 1. The van der Waals surface area contributed by atoms with Crippen LogP contribution in [-0.4, -0.2) is 53.1 Å². The van der Waals surface area contributed by atoms with Gasteiger partial charge in [0.15, 0.2) is 0 Å². The molecule has 0 aromatic heterocycles. The van der Waals surface area contributed by atoms with Crippen LogP contribution in [0.15, 0.2) is 47.6 Å². The first-order valence-electron chi connectivity index (χ1n) is 9.32. The van der Waals surface area contributed by atoms with E-state index in [0.717, 1.165) is 28.3 Å². The molecular weight excluding hydrogens is 440 g/mol. The molecule has 172 valence electrons. The maximum Gasteiger partial charge on any atom is 0.270 e. The Balaban J connectivity index is 0.000000654. The van der Waals surface area contributed by atoms with Crippen molar-refractivity contribution < 1.29 is 31.8 Å². The van der Waals surface area contributed by atoms with Gasteiger partial charge in [0, 0.05) is 23.8 Å². The maximum atomic E-state index is 11.1. The second-order valence-electron chi connectivity index (χ2n) is 7.40. The van der Waals surface area contributed by atoms with E-state index >= 15 is 0 Å². The first-order chi connectivity index (χ1) is 14.8. The SMILES string of the molecule is COc1ccc(CN/N=C/C2=[N+](C)c3ccc([N+](=O)[O-])cc3C2(C)C)cc1.O=S(=O)([O-])O. The summed E-state index contributed by atoms with van der Waals surface area (Å²) in [7, 11) is -1.33. The van der Waals surface area contributed by atoms with Gasteiger partial charge < -0.3 is 14.7 Å². The summed E-state index contributed by atoms with van der Waals surface area (Å²) in [5.41, 5.74) is 6.74. The molecule has 3 rings (SSSR count). The average Bonchev–Trinajstić information content (AvgIpc) is 2.90. The van der Waals surface area contributed by atoms with Crippen LogP contribution in [0.2, 0.25) is 0 Å². The molecule has 1 heterocycles. The van der Waals surface area contributed by atoms with Gasteiger partial charge in [-0.25, -0.2) is 8.42 Å². The molecule has 0 bridgehead atoms. The Hall–Kier alpha value is -3.35. The first-order valence-corrected chi connectivity index (χ1v) is 10.7. The van der Waals surface area contributed by atoms with Gasteiger partial charge in [-0.2, -0.15) is 9.68 Å². The Morgan fingerprint density at radius 3 is 2.38 bits per heavy atom. The van der Waals surface area contributed by atoms with Crippen LogP contribution in [0.25, 0.3) is 0 Å². The third-order valence-corrected chi connectivity index (χ3v) is 4.95. The molecule has 0 fully saturated rings. The second kappa shape index (κ2) is 9.85. The molecule has 0 saturated heterocycles. The number of benzene rings is 2. The predicted molar refractivity (Wildman–Crippen MR) is 118 cm³/mol. The van der Waals surface area contributed by atoms with E-state index in [2.05, 4.69) is 10.5 Å². The van der Waals surface area contributed by atoms with Gasteiger partial charge in [0.1, 0.15) is 19.0 Å². The highest BCUT2D eigenvalue weighted by atomic mass is 32.3. The largest absolute Gasteiger partial charge is 0.726 e. The van der Waals surface area contributed by atoms with E-state index in [0.29, 0.717) is 6.54 Å². The zero-order valence-electron chi connectivity index (χ0n) is 18.0. The lowest BCUT2D eigenvalue weighted by Crippen LogP contribution is -2.30. The molecule has 2 N–H and O–H groups in total. The van der Waals surface area contributed by atoms with E-state index in [-0.39, 0.29) is 16.0 Å². The number of ether oxygens (including phenoxy) is 1. The van der Waals surface area contributed by atoms with Crippen molar-refractivity contribution >= 4 is 33.7 Å². The van der Waals surface area contributed by atoms with Gasteiger partial charge in [0.25, 0.3) is 5.69 Å². The number of nitro groups is 1. The number of methoxy groups -OCH3 is 1. The topological polar surface area (TPSA) is 157 Å². The fraction of sp³-hybridized carbons (Fsp3) is 0.300. The number of rotatable bonds is 6. The zero-order valence-corrected chi connectivity index (χ0v) is 18.8. The molecule has 0 aliphatic carbocycles. The summed E-state index contributed by atoms with van der Waals surface area (Å²) in [5, 5.41) is 15.5. The number of hydrazone groups is 1. The Labute approximate surface area is 185 Å². The van der Waals surface area contributed by atoms with E-state index in [1.54, 1.807) is 25.5 Å². The maximum absolute atomic E-state index is 11.1. The first kappa shape index (κ1) is 24.9. The lowest BCUT2D eigenvalue weighted by molar-refractivity contribution is -0.401. The zero-order chi connectivity index (χ0) is 24.1. The fourth-order valence-corrected chi connectivity index (χ4v) is 3.35. The molecular formula is C20H24N4O7S. The summed E-state index contributed by atoms with van der Waals surface area (Å²) >= 11 is 0. The van der Waals surface area contributed by atoms with E-state index in [1.807, 2.05) is 49.7 Å². The van der Waals surface area contributed by atoms with Crippen molar-refractivity contribution in [1.82, 2.24) is 5.43 Å². The minimum Gasteiger partial charge on any atom is -0.726 e. The van der Waals surface area contributed by atoms with Crippen molar-refractivity contribution in [2.45, 2.75) is 25.8 Å². The van der Waals surface area contributed by atoms with Gasteiger partial charge in [0.05, 0.1) is 24.0 Å². The average molecular weight is 465 g/mol. The van der Waals surface area contributed by atoms with E-state index in [1.165, 1.54) is 6.07 Å². The molecule has 0 atom stereocenters. The standard InChI is InChI=1S/C20H22N4O3.H2O4S/c1-20(2)17-11-15(24(25)26)7-10-18(17)23(3)19(20)13-22-21-12-14-5-8-16(27-4)9-6-14;1-5(2,3)4/h5-11,13H,12H2,1-4H3;(H2,1,2,3,4). The Kier molecular flexibility index (Phi) is 7.67. The van der Waals surface area contributed by atoms with Gasteiger partial charge in [0.2, 0.25) is 21.8 Å². The summed E-state index contributed by atoms with van der Waals surface area (Å²) in [4.78, 5) is 10.7. The minimum absolute atomic E-state index is 0.103. The van der Waals surface area contributed by atoms with Crippen molar-refractivity contribution in [2.75, 3.05) is 14.2 Å². The quantitative estimate of drug-likeness (QED) is 0.165. The molecule has 0 radical (unpaired) electrons. The second-order valence-corrected chi connectivity index (χ2v) is 8.25. The minimum atomic E-state index is -4.92. The summed E-state index contributed by atoms with van der Waals surface area (Å²) < 4.78 is 40.0. The molecule has 2 aromatic carbocycles. The molecule has 12 heteroatoms. The van der Waals surface area contributed by atoms with Gasteiger partial charge in [-0.3, -0.25) is 14.7 Å². The van der Waals surface area contributed by atoms with Crippen molar-refractivity contribution in [3.8, 4) is 5.75 Å². The van der Waals surface area contributed by atoms with Crippen LogP contribution in [0.5, 0.6) is 5.75 Å². The lowest BCUT2D eigenvalue weighted by atomic mass is 9.82. The Bertz CT molecular complexity index is 1150. The van der Waals surface area contributed by atoms with Crippen LogP contribution in [0.3, 0.4) is 0 Å². The lowest BCUT2D eigenvalue weighted by Gasteiger charge is -2.14. The van der Waals surface area contributed by atoms with Crippen LogP contribution < -0.4 is 10.2 Å². The molecule has 11 nitrogen and oxygen atoms in total. The monoisotopic (exact) mass is 464 g/mol. The van der Waals surface area contributed by atoms with E-state index < -0.39 is 10.4 Å². The van der Waals surface area contributed by atoms with Crippen LogP contribution in [0, 0.1) is 10.1 Å². The van der Waals surface area contributed by atoms with Crippen LogP contribution in [0.1, 0.15) is 25.0 Å². The number of hydrogen-bond acceptors (Lipinski definition) is 8. The van der Waals surface area contributed by atoms with Crippen LogP contribution >= 0.6 is 0 Å².